The van der Waals surface area contributed by atoms with Crippen molar-refractivity contribution in [2.24, 2.45) is 4.99 Å². The number of benzene rings is 2. The summed E-state index contributed by atoms with van der Waals surface area (Å²) in [6.45, 7) is 6.99. The molecule has 1 heterocycles. The minimum absolute atomic E-state index is 0.114. The molecule has 0 saturated carbocycles. The number of amides is 1. The lowest BCUT2D eigenvalue weighted by atomic mass is 9.99. The molecule has 0 atom stereocenters. The first kappa shape index (κ1) is 20.4. The van der Waals surface area contributed by atoms with Crippen LogP contribution >= 0.6 is 11.6 Å². The van der Waals surface area contributed by atoms with E-state index in [0.29, 0.717) is 35.1 Å². The molecule has 0 bridgehead atoms. The first-order valence-corrected chi connectivity index (χ1v) is 9.64. The maximum atomic E-state index is 14.4. The van der Waals surface area contributed by atoms with E-state index in [4.69, 9.17) is 11.6 Å². The highest BCUT2D eigenvalue weighted by Gasteiger charge is 2.26. The van der Waals surface area contributed by atoms with E-state index < -0.39 is 11.6 Å². The fourth-order valence-electron chi connectivity index (χ4n) is 3.32. The highest BCUT2D eigenvalue weighted by atomic mass is 35.5. The largest absolute Gasteiger partial charge is 0.309 e. The van der Waals surface area contributed by atoms with Gasteiger partial charge in [0, 0.05) is 35.3 Å². The lowest BCUT2D eigenvalue weighted by molar-refractivity contribution is -0.117. The van der Waals surface area contributed by atoms with Gasteiger partial charge in [0.15, 0.2) is 0 Å². The smallest absolute Gasteiger partial charge is 0.248 e. The molecular formula is C21H22ClF2N3O. The van der Waals surface area contributed by atoms with Crippen molar-refractivity contribution in [2.45, 2.75) is 13.8 Å². The second-order valence-electron chi connectivity index (χ2n) is 6.52. The molecule has 28 heavy (non-hydrogen) atoms. The third-order valence-electron chi connectivity index (χ3n) is 4.90. The molecule has 148 valence electrons. The maximum Gasteiger partial charge on any atom is 0.248 e. The summed E-state index contributed by atoms with van der Waals surface area (Å²) in [5.41, 5.74) is 1.63. The van der Waals surface area contributed by atoms with Crippen molar-refractivity contribution in [1.82, 2.24) is 4.90 Å². The van der Waals surface area contributed by atoms with E-state index in [1.54, 1.807) is 23.1 Å². The van der Waals surface area contributed by atoms with E-state index in [2.05, 4.69) is 23.7 Å². The van der Waals surface area contributed by atoms with Gasteiger partial charge in [-0.25, -0.2) is 8.78 Å². The number of halogens is 3. The van der Waals surface area contributed by atoms with Crippen LogP contribution in [0.25, 0.3) is 0 Å². The fraction of sp³-hybridized carbons (Fsp3) is 0.333. The van der Waals surface area contributed by atoms with Crippen LogP contribution in [0.2, 0.25) is 5.02 Å². The van der Waals surface area contributed by atoms with Crippen LogP contribution in [0.15, 0.2) is 41.4 Å². The molecule has 4 nitrogen and oxygen atoms in total. The zero-order valence-electron chi connectivity index (χ0n) is 15.9. The Hall–Kier alpha value is -2.31. The Morgan fingerprint density at radius 3 is 2.54 bits per heavy atom. The van der Waals surface area contributed by atoms with Crippen LogP contribution in [0, 0.1) is 11.6 Å². The summed E-state index contributed by atoms with van der Waals surface area (Å²) in [5, 5.41) is 0.451. The Morgan fingerprint density at radius 1 is 1.11 bits per heavy atom. The lowest BCUT2D eigenvalue weighted by Gasteiger charge is -2.27. The van der Waals surface area contributed by atoms with Gasteiger partial charge in [-0.2, -0.15) is 0 Å². The Bertz CT molecular complexity index is 913. The Morgan fingerprint density at radius 2 is 1.86 bits per heavy atom. The summed E-state index contributed by atoms with van der Waals surface area (Å²) < 4.78 is 27.8. The molecule has 0 fully saturated rings. The molecule has 0 aliphatic carbocycles. The summed E-state index contributed by atoms with van der Waals surface area (Å²) in [7, 11) is 0. The molecule has 1 amide bonds. The van der Waals surface area contributed by atoms with Crippen molar-refractivity contribution in [3.05, 3.63) is 64.2 Å². The summed E-state index contributed by atoms with van der Waals surface area (Å²) in [4.78, 5) is 21.0. The van der Waals surface area contributed by atoms with Gasteiger partial charge in [-0.15, -0.1) is 0 Å². The normalized spacial score (nSPS) is 14.1. The number of hydrogen-bond donors (Lipinski definition) is 0. The van der Waals surface area contributed by atoms with Crippen LogP contribution in [-0.4, -0.2) is 49.2 Å². The summed E-state index contributed by atoms with van der Waals surface area (Å²) >= 11 is 6.18. The predicted octanol–water partition coefficient (Wildman–Crippen LogP) is 4.14. The molecule has 0 N–H and O–H groups in total. The zero-order chi connectivity index (χ0) is 20.3. The second kappa shape index (κ2) is 8.80. The van der Waals surface area contributed by atoms with E-state index >= 15 is 0 Å². The van der Waals surface area contributed by atoms with Crippen molar-refractivity contribution in [3.63, 3.8) is 0 Å². The maximum absolute atomic E-state index is 14.4. The lowest BCUT2D eigenvalue weighted by Crippen LogP contribution is -2.39. The third kappa shape index (κ3) is 4.23. The molecule has 1 aliphatic heterocycles. The van der Waals surface area contributed by atoms with Gasteiger partial charge in [0.05, 0.1) is 11.4 Å². The number of likely N-dealkylation sites (N-methyl/N-ethyl adjacent to an activating group) is 1. The van der Waals surface area contributed by atoms with Crippen LogP contribution in [-0.2, 0) is 4.79 Å². The topological polar surface area (TPSA) is 35.9 Å². The van der Waals surface area contributed by atoms with E-state index in [-0.39, 0.29) is 18.0 Å². The van der Waals surface area contributed by atoms with Crippen molar-refractivity contribution in [1.29, 1.82) is 0 Å². The summed E-state index contributed by atoms with van der Waals surface area (Å²) in [6.07, 6.45) is 0. The van der Waals surface area contributed by atoms with Gasteiger partial charge in [-0.3, -0.25) is 9.79 Å². The molecule has 0 unspecified atom stereocenters. The number of anilines is 1. The number of carbonyl (C=O) groups excluding carboxylic acids is 1. The van der Waals surface area contributed by atoms with Crippen LogP contribution < -0.4 is 4.90 Å². The van der Waals surface area contributed by atoms with Crippen molar-refractivity contribution < 1.29 is 13.6 Å². The Labute approximate surface area is 168 Å². The van der Waals surface area contributed by atoms with E-state index in [0.717, 1.165) is 19.2 Å². The number of fused-ring (bicyclic) bond motifs is 1. The molecule has 2 aromatic rings. The average molecular weight is 406 g/mol. The average Bonchev–Trinajstić information content (AvgIpc) is 2.79. The standard InChI is InChI=1S/C21H22ClF2N3O/c1-3-26(4-2)9-10-27-19-8-5-14(22)11-17(19)21(25-13-20(27)28)16-7-6-15(23)12-18(16)24/h5-8,11-12H,3-4,9-10,13H2,1-2H3. The number of benzodiazepines with no additional fused rings is 1. The molecule has 1 aliphatic rings. The predicted molar refractivity (Wildman–Crippen MR) is 108 cm³/mol. The van der Waals surface area contributed by atoms with Gasteiger partial charge in [0.1, 0.15) is 18.2 Å². The third-order valence-corrected chi connectivity index (χ3v) is 5.13. The SMILES string of the molecule is CCN(CC)CCN1C(=O)CN=C(c2ccc(F)cc2F)c2cc(Cl)ccc21. The first-order chi connectivity index (χ1) is 13.4. The Balaban J connectivity index is 2.05. The number of aliphatic imine (C=N–C) groups is 1. The van der Waals surface area contributed by atoms with Gasteiger partial charge in [0.25, 0.3) is 0 Å². The number of carbonyl (C=O) groups is 1. The Kier molecular flexibility index (Phi) is 6.42. The molecular weight excluding hydrogens is 384 g/mol. The van der Waals surface area contributed by atoms with E-state index in [1.165, 1.54) is 12.1 Å². The van der Waals surface area contributed by atoms with E-state index in [9.17, 15) is 13.6 Å². The fourth-order valence-corrected chi connectivity index (χ4v) is 3.50. The summed E-state index contributed by atoms with van der Waals surface area (Å²) in [6, 6.07) is 8.44. The minimum atomic E-state index is -0.728. The molecule has 3 rings (SSSR count). The van der Waals surface area contributed by atoms with E-state index in [1.807, 2.05) is 0 Å². The zero-order valence-corrected chi connectivity index (χ0v) is 16.6. The van der Waals surface area contributed by atoms with Crippen molar-refractivity contribution in [2.75, 3.05) is 37.6 Å². The molecule has 0 saturated heterocycles. The minimum Gasteiger partial charge on any atom is -0.309 e. The van der Waals surface area contributed by atoms with Gasteiger partial charge in [-0.05, 0) is 43.4 Å². The molecule has 0 radical (unpaired) electrons. The van der Waals surface area contributed by atoms with Crippen molar-refractivity contribution in [3.8, 4) is 0 Å². The second-order valence-corrected chi connectivity index (χ2v) is 6.96. The van der Waals surface area contributed by atoms with Gasteiger partial charge >= 0.3 is 0 Å². The van der Waals surface area contributed by atoms with Crippen LogP contribution in [0.4, 0.5) is 14.5 Å². The van der Waals surface area contributed by atoms with Crippen LogP contribution in [0.1, 0.15) is 25.0 Å². The highest BCUT2D eigenvalue weighted by molar-refractivity contribution is 6.32. The number of rotatable bonds is 6. The molecule has 0 aromatic heterocycles. The van der Waals surface area contributed by atoms with Gasteiger partial charge in [-0.1, -0.05) is 25.4 Å². The molecule has 2 aromatic carbocycles. The van der Waals surface area contributed by atoms with Gasteiger partial charge < -0.3 is 9.80 Å². The number of hydrogen-bond acceptors (Lipinski definition) is 3. The van der Waals surface area contributed by atoms with Crippen LogP contribution in [0.5, 0.6) is 0 Å². The van der Waals surface area contributed by atoms with Gasteiger partial charge in [0.2, 0.25) is 5.91 Å². The van der Waals surface area contributed by atoms with Crippen molar-refractivity contribution >= 4 is 28.9 Å². The first-order valence-electron chi connectivity index (χ1n) is 9.27. The monoisotopic (exact) mass is 405 g/mol. The highest BCUT2D eigenvalue weighted by Crippen LogP contribution is 2.30. The summed E-state index contributed by atoms with van der Waals surface area (Å²) in [5.74, 6) is -1.57. The number of nitrogens with zero attached hydrogens (tertiary/aromatic N) is 3. The molecule has 7 heteroatoms. The van der Waals surface area contributed by atoms with Crippen LogP contribution in [0.3, 0.4) is 0 Å². The quantitative estimate of drug-likeness (QED) is 0.724. The molecule has 0 spiro atoms.